The Hall–Kier alpha value is -1.38. The Balaban J connectivity index is 2.40. The van der Waals surface area contributed by atoms with Gasteiger partial charge in [0, 0.05) is 29.6 Å². The quantitative estimate of drug-likeness (QED) is 0.476. The molecule has 0 aromatic heterocycles. The molecule has 21 heavy (non-hydrogen) atoms. The topological polar surface area (TPSA) is 95.7 Å². The second kappa shape index (κ2) is 6.17. The van der Waals surface area contributed by atoms with E-state index in [2.05, 4.69) is 0 Å². The Morgan fingerprint density at radius 3 is 2.52 bits per heavy atom. The van der Waals surface area contributed by atoms with Gasteiger partial charge in [-0.2, -0.15) is 0 Å². The zero-order chi connectivity index (χ0) is 15.6. The predicted molar refractivity (Wildman–Crippen MR) is 75.3 cm³/mol. The van der Waals surface area contributed by atoms with Crippen LogP contribution in [-0.2, 0) is 13.8 Å². The average molecular weight is 336 g/mol. The summed E-state index contributed by atoms with van der Waals surface area (Å²) in [6, 6.07) is 2.27. The van der Waals surface area contributed by atoms with Crippen LogP contribution in [-0.4, -0.2) is 32.7 Å². The lowest BCUT2D eigenvalue weighted by molar-refractivity contribution is -0.386. The third-order valence-electron chi connectivity index (χ3n) is 3.18. The summed E-state index contributed by atoms with van der Waals surface area (Å²) < 4.78 is 33.7. The van der Waals surface area contributed by atoms with Gasteiger partial charge in [-0.25, -0.2) is 8.42 Å². The molecular formula is C12H14ClNO6S. The van der Waals surface area contributed by atoms with Crippen LogP contribution < -0.4 is 4.74 Å². The summed E-state index contributed by atoms with van der Waals surface area (Å²) in [6.45, 7) is 2.58. The van der Waals surface area contributed by atoms with E-state index in [1.54, 1.807) is 0 Å². The van der Waals surface area contributed by atoms with Crippen LogP contribution >= 0.6 is 10.7 Å². The van der Waals surface area contributed by atoms with Gasteiger partial charge in [0.1, 0.15) is 6.10 Å². The Labute approximate surface area is 126 Å². The molecule has 9 heteroatoms. The fourth-order valence-electron chi connectivity index (χ4n) is 2.12. The Bertz CT molecular complexity index is 654. The summed E-state index contributed by atoms with van der Waals surface area (Å²) in [7, 11) is 1.23. The first-order valence-electron chi connectivity index (χ1n) is 6.27. The summed E-state index contributed by atoms with van der Waals surface area (Å²) in [6.07, 6.45) is 1.08. The molecule has 0 bridgehead atoms. The van der Waals surface area contributed by atoms with Crippen molar-refractivity contribution in [3.05, 3.63) is 27.8 Å². The van der Waals surface area contributed by atoms with Crippen molar-refractivity contribution in [3.63, 3.8) is 0 Å². The van der Waals surface area contributed by atoms with E-state index in [9.17, 15) is 18.5 Å². The van der Waals surface area contributed by atoms with E-state index in [4.69, 9.17) is 20.2 Å². The summed E-state index contributed by atoms with van der Waals surface area (Å²) in [5.41, 5.74) is -0.107. The van der Waals surface area contributed by atoms with Crippen LogP contribution in [0.15, 0.2) is 17.0 Å². The van der Waals surface area contributed by atoms with Crippen molar-refractivity contribution in [2.45, 2.75) is 30.8 Å². The Kier molecular flexibility index (Phi) is 4.70. The molecule has 0 aliphatic carbocycles. The van der Waals surface area contributed by atoms with Crippen LogP contribution in [0.2, 0.25) is 0 Å². The minimum atomic E-state index is -4.05. The van der Waals surface area contributed by atoms with Gasteiger partial charge in [0.15, 0.2) is 5.75 Å². The number of nitro groups is 1. The number of nitro benzene ring substituents is 1. The normalized spacial score (nSPS) is 16.7. The lowest BCUT2D eigenvalue weighted by Gasteiger charge is -2.23. The molecule has 1 fully saturated rings. The summed E-state index contributed by atoms with van der Waals surface area (Å²) in [4.78, 5) is 10.2. The van der Waals surface area contributed by atoms with Gasteiger partial charge in [0.25, 0.3) is 9.05 Å². The minimum absolute atomic E-state index is 0.0495. The number of benzene rings is 1. The number of rotatable bonds is 4. The summed E-state index contributed by atoms with van der Waals surface area (Å²) in [5, 5.41) is 11.1. The smallest absolute Gasteiger partial charge is 0.312 e. The van der Waals surface area contributed by atoms with Crippen molar-refractivity contribution in [1.82, 2.24) is 0 Å². The van der Waals surface area contributed by atoms with E-state index < -0.39 is 19.7 Å². The average Bonchev–Trinajstić information content (AvgIpc) is 2.38. The molecule has 0 atom stereocenters. The molecule has 1 aliphatic heterocycles. The van der Waals surface area contributed by atoms with Gasteiger partial charge in [-0.15, -0.1) is 0 Å². The zero-order valence-corrected chi connectivity index (χ0v) is 12.8. The van der Waals surface area contributed by atoms with Gasteiger partial charge in [-0.1, -0.05) is 0 Å². The first-order valence-corrected chi connectivity index (χ1v) is 8.58. The van der Waals surface area contributed by atoms with E-state index >= 15 is 0 Å². The van der Waals surface area contributed by atoms with Crippen LogP contribution in [0.1, 0.15) is 18.4 Å². The monoisotopic (exact) mass is 335 g/mol. The van der Waals surface area contributed by atoms with E-state index in [1.807, 2.05) is 0 Å². The maximum atomic E-state index is 11.4. The van der Waals surface area contributed by atoms with Crippen LogP contribution in [0.4, 0.5) is 5.69 Å². The van der Waals surface area contributed by atoms with Crippen LogP contribution in [0, 0.1) is 17.0 Å². The second-order valence-electron chi connectivity index (χ2n) is 4.71. The molecule has 0 radical (unpaired) electrons. The minimum Gasteiger partial charge on any atom is -0.483 e. The highest BCUT2D eigenvalue weighted by molar-refractivity contribution is 8.13. The standard InChI is InChI=1S/C12H14ClNO6S/c1-8-6-11(20-9-2-4-19-5-3-9)10(14(15)16)7-12(8)21(13,17)18/h6-7,9H,2-5H2,1H3. The number of halogens is 1. The number of aryl methyl sites for hydroxylation is 1. The summed E-state index contributed by atoms with van der Waals surface area (Å²) in [5.74, 6) is 0.0495. The van der Waals surface area contributed by atoms with Crippen molar-refractivity contribution in [2.75, 3.05) is 13.2 Å². The SMILES string of the molecule is Cc1cc(OC2CCOCC2)c([N+](=O)[O-])cc1S(=O)(=O)Cl. The fraction of sp³-hybridized carbons (Fsp3) is 0.500. The summed E-state index contributed by atoms with van der Waals surface area (Å²) >= 11 is 0. The van der Waals surface area contributed by atoms with E-state index in [-0.39, 0.29) is 16.7 Å². The van der Waals surface area contributed by atoms with Gasteiger partial charge in [0.05, 0.1) is 23.0 Å². The number of hydrogen-bond acceptors (Lipinski definition) is 6. The maximum absolute atomic E-state index is 11.4. The second-order valence-corrected chi connectivity index (χ2v) is 7.24. The molecule has 0 N–H and O–H groups in total. The molecule has 1 saturated heterocycles. The van der Waals surface area contributed by atoms with Gasteiger partial charge < -0.3 is 9.47 Å². The number of nitrogens with zero attached hydrogens (tertiary/aromatic N) is 1. The molecule has 7 nitrogen and oxygen atoms in total. The molecule has 116 valence electrons. The van der Waals surface area contributed by atoms with Crippen molar-refractivity contribution in [2.24, 2.45) is 0 Å². The molecule has 1 heterocycles. The largest absolute Gasteiger partial charge is 0.483 e. The highest BCUT2D eigenvalue weighted by Crippen LogP contribution is 2.35. The van der Waals surface area contributed by atoms with Crippen molar-refractivity contribution in [1.29, 1.82) is 0 Å². The van der Waals surface area contributed by atoms with Crippen molar-refractivity contribution in [3.8, 4) is 5.75 Å². The molecule has 1 aliphatic rings. The third-order valence-corrected chi connectivity index (χ3v) is 4.64. The van der Waals surface area contributed by atoms with Gasteiger partial charge in [-0.05, 0) is 18.6 Å². The Morgan fingerprint density at radius 2 is 2.00 bits per heavy atom. The van der Waals surface area contributed by atoms with Crippen molar-refractivity contribution >= 4 is 25.4 Å². The van der Waals surface area contributed by atoms with E-state index in [0.29, 0.717) is 31.6 Å². The molecule has 0 amide bonds. The first kappa shape index (κ1) is 16.0. The zero-order valence-electron chi connectivity index (χ0n) is 11.2. The van der Waals surface area contributed by atoms with Gasteiger partial charge in [0.2, 0.25) is 0 Å². The van der Waals surface area contributed by atoms with Crippen molar-refractivity contribution < 1.29 is 22.8 Å². The van der Waals surface area contributed by atoms with E-state index in [1.165, 1.54) is 13.0 Å². The van der Waals surface area contributed by atoms with Gasteiger partial charge in [-0.3, -0.25) is 10.1 Å². The number of ether oxygens (including phenoxy) is 2. The van der Waals surface area contributed by atoms with Crippen LogP contribution in [0.25, 0.3) is 0 Å². The van der Waals surface area contributed by atoms with Crippen LogP contribution in [0.3, 0.4) is 0 Å². The third kappa shape index (κ3) is 3.84. The predicted octanol–water partition coefficient (Wildman–Crippen LogP) is 2.39. The molecule has 0 unspecified atom stereocenters. The van der Waals surface area contributed by atoms with E-state index in [0.717, 1.165) is 6.07 Å². The molecule has 2 rings (SSSR count). The highest BCUT2D eigenvalue weighted by Gasteiger charge is 2.26. The molecule has 0 saturated carbocycles. The molecule has 1 aromatic carbocycles. The first-order chi connectivity index (χ1) is 9.79. The maximum Gasteiger partial charge on any atom is 0.312 e. The highest BCUT2D eigenvalue weighted by atomic mass is 35.7. The lowest BCUT2D eigenvalue weighted by atomic mass is 10.1. The molecular weight excluding hydrogens is 322 g/mol. The van der Waals surface area contributed by atoms with Gasteiger partial charge >= 0.3 is 5.69 Å². The molecule has 0 spiro atoms. The Morgan fingerprint density at radius 1 is 1.38 bits per heavy atom. The van der Waals surface area contributed by atoms with Crippen LogP contribution in [0.5, 0.6) is 5.75 Å². The number of hydrogen-bond donors (Lipinski definition) is 0. The fourth-order valence-corrected chi connectivity index (χ4v) is 3.32. The lowest BCUT2D eigenvalue weighted by Crippen LogP contribution is -2.26. The molecule has 1 aromatic rings.